The summed E-state index contributed by atoms with van der Waals surface area (Å²) in [7, 11) is 0. The van der Waals surface area contributed by atoms with Gasteiger partial charge in [0.1, 0.15) is 13.2 Å². The molecule has 0 radical (unpaired) electrons. The molecule has 0 aliphatic carbocycles. The fourth-order valence-electron chi connectivity index (χ4n) is 2.41. The van der Waals surface area contributed by atoms with E-state index in [1.165, 1.54) is 22.0 Å². The van der Waals surface area contributed by atoms with E-state index in [4.69, 9.17) is 9.47 Å². The number of hydrogen-bond donors (Lipinski definition) is 0. The lowest BCUT2D eigenvalue weighted by atomic mass is 10.3. The van der Waals surface area contributed by atoms with Crippen LogP contribution in [0.4, 0.5) is 0 Å². The molecule has 0 saturated carbocycles. The molecule has 4 nitrogen and oxygen atoms in total. The fraction of sp³-hybridized carbons (Fsp3) is 0.474. The lowest BCUT2D eigenvalue weighted by Gasteiger charge is -2.12. The largest absolute Gasteiger partial charge is 0.457 e. The molecule has 0 aromatic heterocycles. The Hall–Kier alpha value is -0.700. The normalized spacial score (nSPS) is 22.1. The number of rotatable bonds is 10. The molecule has 0 aromatic carbocycles. The van der Waals surface area contributed by atoms with Gasteiger partial charge in [0, 0.05) is 22.0 Å². The number of carbonyl (C=O) groups excluding carboxylic acids is 2. The molecular weight excluding hydrogens is 420 g/mol. The minimum atomic E-state index is -0.378. The predicted molar refractivity (Wildman–Crippen MR) is 120 cm³/mol. The molecule has 0 amide bonds. The van der Waals surface area contributed by atoms with Crippen molar-refractivity contribution in [2.75, 3.05) is 13.2 Å². The molecular formula is C19H24O4S4. The van der Waals surface area contributed by atoms with Crippen LogP contribution in [-0.4, -0.2) is 34.3 Å². The van der Waals surface area contributed by atoms with Crippen LogP contribution in [0.1, 0.15) is 33.1 Å². The van der Waals surface area contributed by atoms with E-state index in [-0.39, 0.29) is 11.9 Å². The summed E-state index contributed by atoms with van der Waals surface area (Å²) in [6.45, 7) is 11.7. The van der Waals surface area contributed by atoms with Crippen LogP contribution >= 0.6 is 47.0 Å². The number of ether oxygens (including phenoxy) is 2. The molecule has 0 fully saturated rings. The van der Waals surface area contributed by atoms with Crippen LogP contribution in [0.2, 0.25) is 0 Å². The highest BCUT2D eigenvalue weighted by Crippen LogP contribution is 2.50. The fourth-order valence-corrected chi connectivity index (χ4v) is 8.46. The second-order valence-corrected chi connectivity index (χ2v) is 11.9. The van der Waals surface area contributed by atoms with E-state index in [2.05, 4.69) is 27.0 Å². The van der Waals surface area contributed by atoms with Gasteiger partial charge in [-0.1, -0.05) is 13.2 Å². The molecule has 8 heteroatoms. The summed E-state index contributed by atoms with van der Waals surface area (Å²) in [4.78, 5) is 27.2. The highest BCUT2D eigenvalue weighted by atomic mass is 32.2. The number of allylic oxidation sites excluding steroid dienone is 2. The molecule has 0 spiro atoms. The van der Waals surface area contributed by atoms with Crippen molar-refractivity contribution in [1.82, 2.24) is 0 Å². The first kappa shape index (κ1) is 22.6. The zero-order valence-corrected chi connectivity index (χ0v) is 18.8. The molecule has 27 heavy (non-hydrogen) atoms. The Morgan fingerprint density at radius 3 is 1.63 bits per heavy atom. The van der Waals surface area contributed by atoms with Crippen LogP contribution < -0.4 is 0 Å². The molecule has 148 valence electrons. The second-order valence-electron chi connectivity index (χ2n) is 5.84. The molecule has 0 N–H and O–H groups in total. The number of carbonyl (C=O) groups is 2. The van der Waals surface area contributed by atoms with Gasteiger partial charge in [-0.3, -0.25) is 0 Å². The average Bonchev–Trinajstić information content (AvgIpc) is 3.19. The first-order chi connectivity index (χ1) is 12.9. The van der Waals surface area contributed by atoms with E-state index in [0.29, 0.717) is 22.4 Å². The standard InChI is InChI=1S/C19H24O4S4/c1-5-16(20)22-10-14-12(3)24-18(26-14)8-7-9-19-25-13(4)15(27-19)11-23-17(21)6-2/h5-6,18-19H,1-2,7-11H2,3-4H3. The third-order valence-corrected chi connectivity index (χ3v) is 9.88. The van der Waals surface area contributed by atoms with Crippen LogP contribution in [0.3, 0.4) is 0 Å². The summed E-state index contributed by atoms with van der Waals surface area (Å²) in [5, 5.41) is 0. The van der Waals surface area contributed by atoms with Crippen molar-refractivity contribution < 1.29 is 19.1 Å². The summed E-state index contributed by atoms with van der Waals surface area (Å²) in [6.07, 6.45) is 5.75. The van der Waals surface area contributed by atoms with E-state index in [0.717, 1.165) is 29.1 Å². The van der Waals surface area contributed by atoms with Crippen molar-refractivity contribution in [3.63, 3.8) is 0 Å². The van der Waals surface area contributed by atoms with Gasteiger partial charge in [0.2, 0.25) is 0 Å². The topological polar surface area (TPSA) is 52.6 Å². The summed E-state index contributed by atoms with van der Waals surface area (Å²) >= 11 is 7.35. The van der Waals surface area contributed by atoms with Crippen LogP contribution in [-0.2, 0) is 19.1 Å². The molecule has 2 heterocycles. The van der Waals surface area contributed by atoms with E-state index in [1.54, 1.807) is 0 Å². The summed E-state index contributed by atoms with van der Waals surface area (Å²) < 4.78 is 11.3. The Morgan fingerprint density at radius 2 is 1.26 bits per heavy atom. The Balaban J connectivity index is 1.65. The Kier molecular flexibility index (Phi) is 9.48. The average molecular weight is 445 g/mol. The predicted octanol–water partition coefficient (Wildman–Crippen LogP) is 5.69. The van der Waals surface area contributed by atoms with Gasteiger partial charge in [-0.15, -0.1) is 47.0 Å². The SMILES string of the molecule is C=CC(=O)OCC1=C(C)SC(CCCC2SC(C)=C(COC(=O)C=C)S2)S1. The molecule has 0 saturated heterocycles. The van der Waals surface area contributed by atoms with Gasteiger partial charge in [0.15, 0.2) is 0 Å². The number of thioether (sulfide) groups is 4. The van der Waals surface area contributed by atoms with Crippen molar-refractivity contribution in [1.29, 1.82) is 0 Å². The van der Waals surface area contributed by atoms with Crippen LogP contribution in [0, 0.1) is 0 Å². The second kappa shape index (κ2) is 11.3. The van der Waals surface area contributed by atoms with Crippen molar-refractivity contribution in [3.05, 3.63) is 44.9 Å². The zero-order valence-electron chi connectivity index (χ0n) is 15.5. The summed E-state index contributed by atoms with van der Waals surface area (Å²) in [6, 6.07) is 0. The maximum Gasteiger partial charge on any atom is 0.330 e. The smallest absolute Gasteiger partial charge is 0.330 e. The van der Waals surface area contributed by atoms with Crippen molar-refractivity contribution in [3.8, 4) is 0 Å². The Morgan fingerprint density at radius 1 is 0.852 bits per heavy atom. The maximum atomic E-state index is 11.2. The van der Waals surface area contributed by atoms with Crippen molar-refractivity contribution in [2.24, 2.45) is 0 Å². The van der Waals surface area contributed by atoms with Crippen molar-refractivity contribution in [2.45, 2.75) is 42.3 Å². The summed E-state index contributed by atoms with van der Waals surface area (Å²) in [5.41, 5.74) is 0. The van der Waals surface area contributed by atoms with Crippen molar-refractivity contribution >= 4 is 59.0 Å². The van der Waals surface area contributed by atoms with Gasteiger partial charge in [-0.2, -0.15) is 0 Å². The van der Waals surface area contributed by atoms with Gasteiger partial charge in [-0.05, 0) is 42.9 Å². The number of hydrogen-bond acceptors (Lipinski definition) is 8. The van der Waals surface area contributed by atoms with Crippen LogP contribution in [0.15, 0.2) is 44.9 Å². The van der Waals surface area contributed by atoms with Gasteiger partial charge in [0.05, 0.1) is 9.16 Å². The lowest BCUT2D eigenvalue weighted by Crippen LogP contribution is -2.03. The van der Waals surface area contributed by atoms with E-state index in [1.807, 2.05) is 47.0 Å². The molecule has 2 rings (SSSR count). The van der Waals surface area contributed by atoms with E-state index >= 15 is 0 Å². The minimum Gasteiger partial charge on any atom is -0.457 e. The third-order valence-electron chi connectivity index (χ3n) is 3.85. The first-order valence-electron chi connectivity index (χ1n) is 8.57. The van der Waals surface area contributed by atoms with Crippen LogP contribution in [0.25, 0.3) is 0 Å². The monoisotopic (exact) mass is 444 g/mol. The van der Waals surface area contributed by atoms with Crippen LogP contribution in [0.5, 0.6) is 0 Å². The summed E-state index contributed by atoms with van der Waals surface area (Å²) in [5.74, 6) is -0.755. The number of esters is 2. The maximum absolute atomic E-state index is 11.2. The molecule has 0 bridgehead atoms. The van der Waals surface area contributed by atoms with Gasteiger partial charge < -0.3 is 9.47 Å². The highest BCUT2D eigenvalue weighted by Gasteiger charge is 2.26. The van der Waals surface area contributed by atoms with E-state index < -0.39 is 0 Å². The van der Waals surface area contributed by atoms with Gasteiger partial charge >= 0.3 is 11.9 Å². The first-order valence-corrected chi connectivity index (χ1v) is 12.1. The quantitative estimate of drug-likeness (QED) is 0.315. The lowest BCUT2D eigenvalue weighted by molar-refractivity contribution is -0.137. The molecule has 2 aliphatic rings. The molecule has 0 aromatic rings. The third kappa shape index (κ3) is 7.33. The van der Waals surface area contributed by atoms with Gasteiger partial charge in [0.25, 0.3) is 0 Å². The highest BCUT2D eigenvalue weighted by molar-refractivity contribution is 8.23. The van der Waals surface area contributed by atoms with Gasteiger partial charge in [-0.25, -0.2) is 9.59 Å². The molecule has 2 unspecified atom stereocenters. The minimum absolute atomic E-state index is 0.342. The zero-order chi connectivity index (χ0) is 19.8. The molecule has 2 atom stereocenters. The Labute approximate surface area is 178 Å². The Bertz CT molecular complexity index is 613. The van der Waals surface area contributed by atoms with E-state index in [9.17, 15) is 9.59 Å². The molecule has 2 aliphatic heterocycles.